The van der Waals surface area contributed by atoms with E-state index in [2.05, 4.69) is 11.8 Å². The molecule has 2 heteroatoms. The molecule has 2 fully saturated rings. The lowest BCUT2D eigenvalue weighted by Crippen LogP contribution is -2.25. The van der Waals surface area contributed by atoms with Crippen molar-refractivity contribution in [2.24, 2.45) is 17.1 Å². The number of hydrogen-bond donors (Lipinski definition) is 1. The van der Waals surface area contributed by atoms with E-state index in [9.17, 15) is 0 Å². The van der Waals surface area contributed by atoms with Crippen LogP contribution in [0, 0.1) is 11.3 Å². The monoisotopic (exact) mass is 182 g/mol. The minimum absolute atomic E-state index is 0.734. The van der Waals surface area contributed by atoms with Crippen molar-refractivity contribution in [3.63, 3.8) is 0 Å². The van der Waals surface area contributed by atoms with Gasteiger partial charge in [-0.05, 0) is 56.7 Å². The molecule has 1 unspecified atom stereocenters. The van der Waals surface area contributed by atoms with E-state index < -0.39 is 0 Å². The normalized spacial score (nSPS) is 32.3. The summed E-state index contributed by atoms with van der Waals surface area (Å²) in [6.45, 7) is 7.20. The third-order valence-corrected chi connectivity index (χ3v) is 3.98. The summed E-state index contributed by atoms with van der Waals surface area (Å²) in [5, 5.41) is 0. The molecule has 1 saturated carbocycles. The lowest BCUT2D eigenvalue weighted by Gasteiger charge is -2.19. The van der Waals surface area contributed by atoms with Crippen LogP contribution in [-0.4, -0.2) is 31.1 Å². The van der Waals surface area contributed by atoms with Gasteiger partial charge in [-0.25, -0.2) is 0 Å². The van der Waals surface area contributed by atoms with Crippen LogP contribution in [0.15, 0.2) is 0 Å². The number of rotatable bonds is 4. The summed E-state index contributed by atoms with van der Waals surface area (Å²) in [5.74, 6) is 0.991. The first-order valence-electron chi connectivity index (χ1n) is 5.67. The molecular weight excluding hydrogens is 160 g/mol. The fraction of sp³-hybridized carbons (Fsp3) is 1.00. The second kappa shape index (κ2) is 3.58. The topological polar surface area (TPSA) is 29.3 Å². The van der Waals surface area contributed by atoms with Crippen molar-refractivity contribution >= 4 is 0 Å². The maximum absolute atomic E-state index is 5.51. The van der Waals surface area contributed by atoms with Crippen molar-refractivity contribution < 1.29 is 0 Å². The predicted molar refractivity (Wildman–Crippen MR) is 55.6 cm³/mol. The summed E-state index contributed by atoms with van der Waals surface area (Å²) >= 11 is 0. The Hall–Kier alpha value is -0.0800. The fourth-order valence-electron chi connectivity index (χ4n) is 2.52. The van der Waals surface area contributed by atoms with Crippen LogP contribution in [0.1, 0.15) is 32.6 Å². The van der Waals surface area contributed by atoms with Gasteiger partial charge in [-0.15, -0.1) is 0 Å². The fourth-order valence-corrected chi connectivity index (χ4v) is 2.52. The molecule has 13 heavy (non-hydrogen) atoms. The molecule has 1 atom stereocenters. The zero-order chi connectivity index (χ0) is 9.31. The molecule has 1 saturated heterocycles. The minimum Gasteiger partial charge on any atom is -0.330 e. The second-order valence-electron chi connectivity index (χ2n) is 5.08. The van der Waals surface area contributed by atoms with Gasteiger partial charge in [-0.2, -0.15) is 0 Å². The Kier molecular flexibility index (Phi) is 2.61. The minimum atomic E-state index is 0.734. The van der Waals surface area contributed by atoms with Crippen molar-refractivity contribution in [3.8, 4) is 0 Å². The third kappa shape index (κ3) is 2.05. The Morgan fingerprint density at radius 2 is 2.23 bits per heavy atom. The van der Waals surface area contributed by atoms with E-state index in [1.54, 1.807) is 0 Å². The molecule has 0 bridgehead atoms. The first-order valence-corrected chi connectivity index (χ1v) is 5.67. The van der Waals surface area contributed by atoms with E-state index in [0.717, 1.165) is 17.9 Å². The number of nitrogens with two attached hydrogens (primary N) is 1. The van der Waals surface area contributed by atoms with Gasteiger partial charge in [-0.1, -0.05) is 6.92 Å². The van der Waals surface area contributed by atoms with Crippen molar-refractivity contribution in [1.82, 2.24) is 4.90 Å². The Morgan fingerprint density at radius 1 is 1.46 bits per heavy atom. The molecule has 1 aliphatic carbocycles. The average Bonchev–Trinajstić information content (AvgIpc) is 2.69. The largest absolute Gasteiger partial charge is 0.330 e. The summed E-state index contributed by atoms with van der Waals surface area (Å²) in [6.07, 6.45) is 5.55. The van der Waals surface area contributed by atoms with Gasteiger partial charge in [0.25, 0.3) is 0 Å². The molecule has 2 N–H and O–H groups in total. The highest BCUT2D eigenvalue weighted by molar-refractivity contribution is 4.98. The predicted octanol–water partition coefficient (Wildman–Crippen LogP) is 1.46. The molecule has 0 radical (unpaired) electrons. The molecule has 1 aliphatic heterocycles. The van der Waals surface area contributed by atoms with Crippen LogP contribution in [-0.2, 0) is 0 Å². The van der Waals surface area contributed by atoms with Crippen molar-refractivity contribution in [1.29, 1.82) is 0 Å². The van der Waals surface area contributed by atoms with Crippen molar-refractivity contribution in [3.05, 3.63) is 0 Å². The maximum Gasteiger partial charge on any atom is 0.00154 e. The van der Waals surface area contributed by atoms with Gasteiger partial charge in [0.05, 0.1) is 0 Å². The molecule has 2 aliphatic rings. The molecule has 2 nitrogen and oxygen atoms in total. The van der Waals surface area contributed by atoms with Crippen LogP contribution in [0.25, 0.3) is 0 Å². The Labute approximate surface area is 81.5 Å². The van der Waals surface area contributed by atoms with Gasteiger partial charge in [0.1, 0.15) is 0 Å². The standard InChI is InChI=1S/C11H22N2/c1-11(4-5-11)10-3-8-13(9-10)7-2-6-12/h10H,2-9,12H2,1H3. The Morgan fingerprint density at radius 3 is 2.85 bits per heavy atom. The molecule has 1 heterocycles. The van der Waals surface area contributed by atoms with Gasteiger partial charge >= 0.3 is 0 Å². The smallest absolute Gasteiger partial charge is 0.00154 e. The Bertz CT molecular complexity index is 175. The maximum atomic E-state index is 5.51. The summed E-state index contributed by atoms with van der Waals surface area (Å²) in [6, 6.07) is 0. The second-order valence-corrected chi connectivity index (χ2v) is 5.08. The molecule has 0 amide bonds. The zero-order valence-electron chi connectivity index (χ0n) is 8.76. The average molecular weight is 182 g/mol. The third-order valence-electron chi connectivity index (χ3n) is 3.98. The van der Waals surface area contributed by atoms with Crippen LogP contribution in [0.5, 0.6) is 0 Å². The highest BCUT2D eigenvalue weighted by Gasteiger charge is 2.46. The quantitative estimate of drug-likeness (QED) is 0.713. The first-order chi connectivity index (χ1) is 6.24. The lowest BCUT2D eigenvalue weighted by molar-refractivity contribution is 0.285. The van der Waals surface area contributed by atoms with E-state index >= 15 is 0 Å². The zero-order valence-corrected chi connectivity index (χ0v) is 8.76. The highest BCUT2D eigenvalue weighted by atomic mass is 15.1. The summed E-state index contributed by atoms with van der Waals surface area (Å²) in [7, 11) is 0. The van der Waals surface area contributed by atoms with Gasteiger partial charge < -0.3 is 10.6 Å². The number of nitrogens with zero attached hydrogens (tertiary/aromatic N) is 1. The van der Waals surface area contributed by atoms with Gasteiger partial charge in [0, 0.05) is 6.54 Å². The van der Waals surface area contributed by atoms with Crippen LogP contribution in [0.3, 0.4) is 0 Å². The molecule has 76 valence electrons. The number of likely N-dealkylation sites (tertiary alicyclic amines) is 1. The molecule has 0 aromatic heterocycles. The van der Waals surface area contributed by atoms with Gasteiger partial charge in [-0.3, -0.25) is 0 Å². The SMILES string of the molecule is CC1(C2CCN(CCCN)C2)CC1. The van der Waals surface area contributed by atoms with Gasteiger partial charge in [0.2, 0.25) is 0 Å². The van der Waals surface area contributed by atoms with Crippen LogP contribution >= 0.6 is 0 Å². The number of hydrogen-bond acceptors (Lipinski definition) is 2. The van der Waals surface area contributed by atoms with E-state index in [-0.39, 0.29) is 0 Å². The summed E-state index contributed by atoms with van der Waals surface area (Å²) in [5.41, 5.74) is 6.25. The lowest BCUT2D eigenvalue weighted by atomic mass is 9.90. The van der Waals surface area contributed by atoms with E-state index in [0.29, 0.717) is 0 Å². The van der Waals surface area contributed by atoms with E-state index in [4.69, 9.17) is 5.73 Å². The summed E-state index contributed by atoms with van der Waals surface area (Å²) in [4.78, 5) is 2.60. The van der Waals surface area contributed by atoms with E-state index in [1.807, 2.05) is 0 Å². The molecule has 0 aromatic carbocycles. The Balaban J connectivity index is 1.74. The molecule has 0 spiro atoms. The van der Waals surface area contributed by atoms with Crippen LogP contribution < -0.4 is 5.73 Å². The van der Waals surface area contributed by atoms with Crippen molar-refractivity contribution in [2.75, 3.05) is 26.2 Å². The molecule has 2 rings (SSSR count). The first kappa shape index (κ1) is 9.47. The highest BCUT2D eigenvalue weighted by Crippen LogP contribution is 2.54. The van der Waals surface area contributed by atoms with Crippen LogP contribution in [0.2, 0.25) is 0 Å². The molecule has 0 aromatic rings. The van der Waals surface area contributed by atoms with Crippen LogP contribution in [0.4, 0.5) is 0 Å². The van der Waals surface area contributed by atoms with E-state index in [1.165, 1.54) is 45.3 Å². The van der Waals surface area contributed by atoms with Crippen molar-refractivity contribution in [2.45, 2.75) is 32.6 Å². The van der Waals surface area contributed by atoms with Gasteiger partial charge in [0.15, 0.2) is 0 Å². The summed E-state index contributed by atoms with van der Waals surface area (Å²) < 4.78 is 0. The molecular formula is C11H22N2.